The number of aromatic nitrogens is 2. The highest BCUT2D eigenvalue weighted by Crippen LogP contribution is 2.51. The summed E-state index contributed by atoms with van der Waals surface area (Å²) in [5.41, 5.74) is -2.55. The Morgan fingerprint density at radius 1 is 1.11 bits per heavy atom. The van der Waals surface area contributed by atoms with Crippen molar-refractivity contribution in [2.45, 2.75) is 55.9 Å². The van der Waals surface area contributed by atoms with E-state index in [4.69, 9.17) is 11.6 Å². The predicted octanol–water partition coefficient (Wildman–Crippen LogP) is 6.37. The minimum absolute atomic E-state index is 0.0568. The van der Waals surface area contributed by atoms with Gasteiger partial charge in [0.1, 0.15) is 17.5 Å². The Morgan fingerprint density at radius 3 is 2.40 bits per heavy atom. The molecule has 3 atom stereocenters. The van der Waals surface area contributed by atoms with Crippen LogP contribution in [0.4, 0.5) is 27.8 Å². The molecule has 0 aliphatic carbocycles. The maximum absolute atomic E-state index is 15.3. The molecule has 2 saturated heterocycles. The van der Waals surface area contributed by atoms with Crippen LogP contribution in [-0.4, -0.2) is 75.8 Å². The number of likely N-dealkylation sites (tertiary alicyclic amines) is 1. The molecule has 3 aliphatic heterocycles. The van der Waals surface area contributed by atoms with Crippen LogP contribution in [0.15, 0.2) is 40.5 Å². The van der Waals surface area contributed by atoms with Crippen molar-refractivity contribution >= 4 is 46.0 Å². The molecular formula is C31H31ClF5N5O2S. The molecule has 14 heteroatoms. The van der Waals surface area contributed by atoms with E-state index >= 15 is 4.39 Å². The summed E-state index contributed by atoms with van der Waals surface area (Å²) in [6, 6.07) is 1.12. The lowest BCUT2D eigenvalue weighted by Gasteiger charge is -2.45. The minimum atomic E-state index is -4.95. The fourth-order valence-corrected chi connectivity index (χ4v) is 8.46. The van der Waals surface area contributed by atoms with Gasteiger partial charge in [-0.05, 0) is 58.0 Å². The van der Waals surface area contributed by atoms with Gasteiger partial charge in [-0.25, -0.2) is 13.6 Å². The number of anilines is 1. The lowest BCUT2D eigenvalue weighted by atomic mass is 9.95. The Hall–Kier alpha value is -3.16. The number of carbonyl (C=O) groups is 1. The summed E-state index contributed by atoms with van der Waals surface area (Å²) in [7, 11) is 0. The van der Waals surface area contributed by atoms with Crippen molar-refractivity contribution in [1.29, 1.82) is 0 Å². The number of hydrogen-bond acceptors (Lipinski definition) is 6. The molecule has 2 fully saturated rings. The highest BCUT2D eigenvalue weighted by Gasteiger charge is 2.41. The first-order chi connectivity index (χ1) is 21.3. The molecule has 1 unspecified atom stereocenters. The number of amides is 1. The number of rotatable bonds is 5. The van der Waals surface area contributed by atoms with Crippen LogP contribution in [-0.2, 0) is 11.0 Å². The molecule has 3 aromatic rings. The standard InChI is InChI=1S/C31H31ClF5N5O2S/c1-4-25(43)41-16(2)12-40(13-17(41)3)29-20-9-21(31(35,36)37)26(19-10-22(32)24(34)11-23(19)33)28-27(20)42(30(44)38-29)18(15-45-28)14-39-7-5-6-8-39/h4,9-11,16-18H,1,5-8,12-15H2,2-3H3/t16-,17+,18?. The van der Waals surface area contributed by atoms with Crippen LogP contribution >= 0.6 is 23.4 Å². The number of thioether (sulfide) groups is 1. The molecular weight excluding hydrogens is 637 g/mol. The van der Waals surface area contributed by atoms with Crippen molar-refractivity contribution < 1.29 is 26.7 Å². The Labute approximate surface area is 265 Å². The monoisotopic (exact) mass is 667 g/mol. The molecule has 0 spiro atoms. The van der Waals surface area contributed by atoms with Crippen molar-refractivity contribution in [3.05, 3.63) is 63.6 Å². The van der Waals surface area contributed by atoms with E-state index in [9.17, 15) is 27.2 Å². The molecule has 1 amide bonds. The Morgan fingerprint density at radius 2 is 1.78 bits per heavy atom. The van der Waals surface area contributed by atoms with Crippen LogP contribution < -0.4 is 10.6 Å². The first kappa shape index (κ1) is 31.8. The van der Waals surface area contributed by atoms with Gasteiger partial charge < -0.3 is 14.7 Å². The molecule has 1 aromatic heterocycles. The van der Waals surface area contributed by atoms with Crippen LogP contribution in [0.25, 0.3) is 22.0 Å². The van der Waals surface area contributed by atoms with E-state index in [0.717, 1.165) is 49.8 Å². The molecule has 2 aromatic carbocycles. The molecule has 4 heterocycles. The number of carbonyl (C=O) groups excluding carboxylic acids is 1. The van der Waals surface area contributed by atoms with Gasteiger partial charge >= 0.3 is 11.9 Å². The molecule has 0 N–H and O–H groups in total. The second-order valence-corrected chi connectivity index (χ2v) is 13.3. The number of benzene rings is 2. The van der Waals surface area contributed by atoms with Crippen molar-refractivity contribution in [3.8, 4) is 11.1 Å². The average Bonchev–Trinajstić information content (AvgIpc) is 3.49. The van der Waals surface area contributed by atoms with Gasteiger partial charge in [-0.3, -0.25) is 9.36 Å². The first-order valence-corrected chi connectivity index (χ1v) is 16.1. The Kier molecular flexibility index (Phi) is 8.40. The van der Waals surface area contributed by atoms with Crippen LogP contribution in [0, 0.1) is 11.6 Å². The second-order valence-electron chi connectivity index (χ2n) is 11.9. The van der Waals surface area contributed by atoms with Gasteiger partial charge in [0, 0.05) is 64.9 Å². The summed E-state index contributed by atoms with van der Waals surface area (Å²) in [5, 5.41) is -0.432. The van der Waals surface area contributed by atoms with Gasteiger partial charge in [-0.15, -0.1) is 11.8 Å². The quantitative estimate of drug-likeness (QED) is 0.179. The zero-order chi connectivity index (χ0) is 32.4. The molecule has 0 saturated carbocycles. The van der Waals surface area contributed by atoms with Crippen LogP contribution in [0.3, 0.4) is 0 Å². The number of alkyl halides is 3. The average molecular weight is 668 g/mol. The summed E-state index contributed by atoms with van der Waals surface area (Å²) in [6.45, 7) is 9.80. The first-order valence-electron chi connectivity index (χ1n) is 14.7. The summed E-state index contributed by atoms with van der Waals surface area (Å²) in [5.74, 6) is -2.26. The summed E-state index contributed by atoms with van der Waals surface area (Å²) in [6.07, 6.45) is -1.71. The van der Waals surface area contributed by atoms with E-state index in [-0.39, 0.29) is 58.4 Å². The van der Waals surface area contributed by atoms with Gasteiger partial charge in [0.15, 0.2) is 0 Å². The summed E-state index contributed by atoms with van der Waals surface area (Å²) in [4.78, 5) is 36.5. The van der Waals surface area contributed by atoms with Gasteiger partial charge in [0.25, 0.3) is 0 Å². The van der Waals surface area contributed by atoms with Gasteiger partial charge in [0.2, 0.25) is 5.91 Å². The van der Waals surface area contributed by atoms with Crippen molar-refractivity contribution in [2.24, 2.45) is 0 Å². The van der Waals surface area contributed by atoms with Gasteiger partial charge in [0.05, 0.1) is 22.1 Å². The van der Waals surface area contributed by atoms with E-state index in [1.54, 1.807) is 9.80 Å². The third-order valence-electron chi connectivity index (χ3n) is 8.83. The molecule has 45 heavy (non-hydrogen) atoms. The van der Waals surface area contributed by atoms with Gasteiger partial charge in [-0.1, -0.05) is 18.2 Å². The normalized spacial score (nSPS) is 22.4. The highest BCUT2D eigenvalue weighted by atomic mass is 35.5. The maximum atomic E-state index is 15.3. The largest absolute Gasteiger partial charge is 0.417 e. The second kappa shape index (κ2) is 11.9. The predicted molar refractivity (Wildman–Crippen MR) is 165 cm³/mol. The van der Waals surface area contributed by atoms with Crippen LogP contribution in [0.1, 0.15) is 38.3 Å². The number of hydrogen-bond donors (Lipinski definition) is 0. The third-order valence-corrected chi connectivity index (χ3v) is 10.4. The molecule has 6 rings (SSSR count). The number of halogens is 6. The summed E-state index contributed by atoms with van der Waals surface area (Å²) >= 11 is 7.08. The number of piperazine rings is 1. The van der Waals surface area contributed by atoms with E-state index < -0.39 is 51.3 Å². The van der Waals surface area contributed by atoms with Crippen LogP contribution in [0.5, 0.6) is 0 Å². The molecule has 7 nitrogen and oxygen atoms in total. The van der Waals surface area contributed by atoms with Crippen molar-refractivity contribution in [2.75, 3.05) is 43.4 Å². The Balaban J connectivity index is 1.63. The molecule has 240 valence electrons. The van der Waals surface area contributed by atoms with Crippen molar-refractivity contribution in [1.82, 2.24) is 19.4 Å². The highest BCUT2D eigenvalue weighted by molar-refractivity contribution is 7.99. The van der Waals surface area contributed by atoms with E-state index in [1.807, 2.05) is 13.8 Å². The zero-order valence-corrected chi connectivity index (χ0v) is 26.2. The van der Waals surface area contributed by atoms with E-state index in [2.05, 4.69) is 16.5 Å². The summed E-state index contributed by atoms with van der Waals surface area (Å²) < 4.78 is 75.6. The smallest absolute Gasteiger partial charge is 0.352 e. The maximum Gasteiger partial charge on any atom is 0.417 e. The number of nitrogens with zero attached hydrogens (tertiary/aromatic N) is 5. The molecule has 0 bridgehead atoms. The fourth-order valence-electron chi connectivity index (χ4n) is 6.97. The topological polar surface area (TPSA) is 61.7 Å². The van der Waals surface area contributed by atoms with E-state index in [0.29, 0.717) is 12.6 Å². The van der Waals surface area contributed by atoms with Crippen molar-refractivity contribution in [3.63, 3.8) is 0 Å². The van der Waals surface area contributed by atoms with E-state index in [1.165, 1.54) is 10.6 Å². The van der Waals surface area contributed by atoms with Gasteiger partial charge in [-0.2, -0.15) is 18.2 Å². The fraction of sp³-hybridized carbons (Fsp3) is 0.452. The zero-order valence-electron chi connectivity index (χ0n) is 24.6. The third kappa shape index (κ3) is 5.61. The van der Waals surface area contributed by atoms with Crippen LogP contribution in [0.2, 0.25) is 5.02 Å². The molecule has 3 aliphatic rings. The lowest BCUT2D eigenvalue weighted by molar-refractivity contribution is -0.137. The molecule has 0 radical (unpaired) electrons. The Bertz CT molecular complexity index is 1750. The lowest BCUT2D eigenvalue weighted by Crippen LogP contribution is -2.58. The SMILES string of the molecule is C=CC(=O)N1[C@H](C)CN(c2nc(=O)n3c4c(c(-c5cc(Cl)c(F)cc5F)c(C(F)(F)F)cc24)SCC3CN2CCCC2)C[C@@H]1C. The minimum Gasteiger partial charge on any atom is -0.352 e.